The van der Waals surface area contributed by atoms with Gasteiger partial charge in [-0.1, -0.05) is 0 Å². The number of ether oxygens (including phenoxy) is 2. The van der Waals surface area contributed by atoms with Crippen LogP contribution in [0.2, 0.25) is 0 Å². The number of rotatable bonds is 3. The first-order valence-electron chi connectivity index (χ1n) is 9.22. The summed E-state index contributed by atoms with van der Waals surface area (Å²) in [6, 6.07) is 4.63. The number of hydrogen-bond donors (Lipinski definition) is 1. The Morgan fingerprint density at radius 3 is 2.71 bits per heavy atom. The lowest BCUT2D eigenvalue weighted by molar-refractivity contribution is -0.133. The number of nitrogens with zero attached hydrogens (tertiary/aromatic N) is 2. The maximum atomic E-state index is 12.6. The summed E-state index contributed by atoms with van der Waals surface area (Å²) in [5.74, 6) is 0.440. The number of fused-ring (bicyclic) bond motifs is 1. The highest BCUT2D eigenvalue weighted by molar-refractivity contribution is 7.91. The van der Waals surface area contributed by atoms with Crippen LogP contribution in [0.15, 0.2) is 23.3 Å². The summed E-state index contributed by atoms with van der Waals surface area (Å²) in [5.41, 5.74) is 0.736. The van der Waals surface area contributed by atoms with E-state index in [1.165, 1.54) is 5.01 Å². The molecule has 1 fully saturated rings. The van der Waals surface area contributed by atoms with Crippen molar-refractivity contribution in [2.45, 2.75) is 31.7 Å². The molecule has 0 unspecified atom stereocenters. The van der Waals surface area contributed by atoms with E-state index in [0.29, 0.717) is 36.8 Å². The van der Waals surface area contributed by atoms with Gasteiger partial charge in [0.25, 0.3) is 5.91 Å². The third-order valence-corrected chi connectivity index (χ3v) is 6.63. The van der Waals surface area contributed by atoms with Gasteiger partial charge in [-0.15, -0.1) is 0 Å². The van der Waals surface area contributed by atoms with Crippen molar-refractivity contribution in [3.05, 3.63) is 18.2 Å². The van der Waals surface area contributed by atoms with Crippen LogP contribution in [-0.4, -0.2) is 61.7 Å². The van der Waals surface area contributed by atoms with Crippen LogP contribution in [0.4, 0.5) is 5.69 Å². The van der Waals surface area contributed by atoms with Gasteiger partial charge in [-0.3, -0.25) is 9.59 Å². The largest absolute Gasteiger partial charge is 0.490 e. The molecule has 9 nitrogen and oxygen atoms in total. The molecule has 150 valence electrons. The maximum absolute atomic E-state index is 12.6. The predicted octanol–water partition coefficient (Wildman–Crippen LogP) is 0.952. The molecule has 0 saturated carbocycles. The fourth-order valence-corrected chi connectivity index (χ4v) is 5.12. The summed E-state index contributed by atoms with van der Waals surface area (Å²) in [7, 11) is -3.16. The Morgan fingerprint density at radius 1 is 1.18 bits per heavy atom. The standard InChI is InChI=1S/C18H21N3O6S/c22-17-5-3-14(20-21(17)13-6-9-28(24,25)11-13)18(23)19-12-2-4-15-16(10-12)27-8-1-7-26-15/h2,4,10,13H,1,3,5-9,11H2,(H,19,23)/t13-/m0/s1. The molecule has 2 amide bonds. The topological polar surface area (TPSA) is 114 Å². The quantitative estimate of drug-likeness (QED) is 0.798. The van der Waals surface area contributed by atoms with Crippen LogP contribution in [0.25, 0.3) is 0 Å². The van der Waals surface area contributed by atoms with E-state index in [9.17, 15) is 18.0 Å². The highest BCUT2D eigenvalue weighted by Gasteiger charge is 2.37. The summed E-state index contributed by atoms with van der Waals surface area (Å²) in [6.45, 7) is 1.12. The zero-order chi connectivity index (χ0) is 19.7. The fraction of sp³-hybridized carbons (Fsp3) is 0.500. The average molecular weight is 407 g/mol. The van der Waals surface area contributed by atoms with E-state index in [2.05, 4.69) is 10.4 Å². The van der Waals surface area contributed by atoms with E-state index in [4.69, 9.17) is 9.47 Å². The van der Waals surface area contributed by atoms with Gasteiger partial charge in [0.1, 0.15) is 5.71 Å². The van der Waals surface area contributed by atoms with Gasteiger partial charge in [-0.25, -0.2) is 13.4 Å². The number of anilines is 1. The summed E-state index contributed by atoms with van der Waals surface area (Å²) in [4.78, 5) is 24.8. The SMILES string of the molecule is O=C(Nc1ccc2c(c1)OCCCO2)C1=NN([C@H]2CCS(=O)(=O)C2)C(=O)CC1. The molecule has 28 heavy (non-hydrogen) atoms. The smallest absolute Gasteiger partial charge is 0.271 e. The molecule has 0 radical (unpaired) electrons. The van der Waals surface area contributed by atoms with Crippen LogP contribution in [0.1, 0.15) is 25.7 Å². The number of amides is 2. The van der Waals surface area contributed by atoms with Crippen LogP contribution >= 0.6 is 0 Å². The Kier molecular flexibility index (Phi) is 4.96. The Bertz CT molecular complexity index is 943. The monoisotopic (exact) mass is 407 g/mol. The Hall–Kier alpha value is -2.62. The highest BCUT2D eigenvalue weighted by atomic mass is 32.2. The van der Waals surface area contributed by atoms with Crippen molar-refractivity contribution < 1.29 is 27.5 Å². The summed E-state index contributed by atoms with van der Waals surface area (Å²) in [5, 5.41) is 8.12. The van der Waals surface area contributed by atoms with Gasteiger partial charge in [-0.2, -0.15) is 5.10 Å². The van der Waals surface area contributed by atoms with Crippen molar-refractivity contribution in [3.8, 4) is 11.5 Å². The third kappa shape index (κ3) is 3.96. The van der Waals surface area contributed by atoms with E-state index in [1.54, 1.807) is 18.2 Å². The van der Waals surface area contributed by atoms with Crippen molar-refractivity contribution in [1.29, 1.82) is 0 Å². The van der Waals surface area contributed by atoms with Crippen LogP contribution in [0.5, 0.6) is 11.5 Å². The molecule has 0 bridgehead atoms. The van der Waals surface area contributed by atoms with E-state index in [0.717, 1.165) is 6.42 Å². The van der Waals surface area contributed by atoms with Gasteiger partial charge in [0.2, 0.25) is 5.91 Å². The molecule has 0 aliphatic carbocycles. The lowest BCUT2D eigenvalue weighted by Crippen LogP contribution is -2.42. The van der Waals surface area contributed by atoms with Crippen molar-refractivity contribution >= 4 is 33.1 Å². The van der Waals surface area contributed by atoms with Crippen LogP contribution < -0.4 is 14.8 Å². The number of hydrazone groups is 1. The first-order valence-corrected chi connectivity index (χ1v) is 11.0. The molecule has 1 aromatic carbocycles. The minimum atomic E-state index is -3.16. The molecule has 0 spiro atoms. The summed E-state index contributed by atoms with van der Waals surface area (Å²) < 4.78 is 34.6. The third-order valence-electron chi connectivity index (χ3n) is 4.88. The molecule has 1 aromatic rings. The van der Waals surface area contributed by atoms with E-state index in [1.807, 2.05) is 0 Å². The number of nitrogens with one attached hydrogen (secondary N) is 1. The number of benzene rings is 1. The van der Waals surface area contributed by atoms with Gasteiger partial charge >= 0.3 is 0 Å². The van der Waals surface area contributed by atoms with Gasteiger partial charge in [0, 0.05) is 31.0 Å². The maximum Gasteiger partial charge on any atom is 0.271 e. The van der Waals surface area contributed by atoms with Crippen molar-refractivity contribution in [2.24, 2.45) is 5.10 Å². The van der Waals surface area contributed by atoms with E-state index in [-0.39, 0.29) is 36.0 Å². The minimum absolute atomic E-state index is 0.0374. The molecule has 0 aromatic heterocycles. The molecule has 1 atom stereocenters. The Balaban J connectivity index is 1.49. The van der Waals surface area contributed by atoms with Crippen molar-refractivity contribution in [3.63, 3.8) is 0 Å². The molecule has 4 rings (SSSR count). The van der Waals surface area contributed by atoms with Gasteiger partial charge < -0.3 is 14.8 Å². The second-order valence-electron chi connectivity index (χ2n) is 7.01. The fourth-order valence-electron chi connectivity index (χ4n) is 3.43. The zero-order valence-corrected chi connectivity index (χ0v) is 16.0. The second-order valence-corrected chi connectivity index (χ2v) is 9.24. The second kappa shape index (κ2) is 7.42. The molecule has 3 heterocycles. The van der Waals surface area contributed by atoms with Crippen molar-refractivity contribution in [2.75, 3.05) is 30.0 Å². The molecular weight excluding hydrogens is 386 g/mol. The predicted molar refractivity (Wildman–Crippen MR) is 101 cm³/mol. The Labute approximate surface area is 162 Å². The molecule has 3 aliphatic rings. The van der Waals surface area contributed by atoms with Crippen molar-refractivity contribution in [1.82, 2.24) is 5.01 Å². The first kappa shape index (κ1) is 18.7. The van der Waals surface area contributed by atoms with Crippen LogP contribution in [-0.2, 0) is 19.4 Å². The molecule has 10 heteroatoms. The van der Waals surface area contributed by atoms with Crippen LogP contribution in [0.3, 0.4) is 0 Å². The Morgan fingerprint density at radius 2 is 1.96 bits per heavy atom. The van der Waals surface area contributed by atoms with Crippen LogP contribution in [0, 0.1) is 0 Å². The lowest BCUT2D eigenvalue weighted by atomic mass is 10.1. The highest BCUT2D eigenvalue weighted by Crippen LogP contribution is 2.32. The number of carbonyl (C=O) groups excluding carboxylic acids is 2. The zero-order valence-electron chi connectivity index (χ0n) is 15.2. The van der Waals surface area contributed by atoms with Gasteiger partial charge in [-0.05, 0) is 18.6 Å². The minimum Gasteiger partial charge on any atom is -0.490 e. The van der Waals surface area contributed by atoms with Gasteiger partial charge in [0.05, 0.1) is 30.8 Å². The lowest BCUT2D eigenvalue weighted by Gasteiger charge is -2.27. The van der Waals surface area contributed by atoms with E-state index < -0.39 is 21.8 Å². The van der Waals surface area contributed by atoms with E-state index >= 15 is 0 Å². The normalized spacial score (nSPS) is 23.7. The first-order chi connectivity index (χ1) is 13.4. The molecule has 1 N–H and O–H groups in total. The summed E-state index contributed by atoms with van der Waals surface area (Å²) in [6.07, 6.45) is 1.47. The molecule has 1 saturated heterocycles. The van der Waals surface area contributed by atoms with Gasteiger partial charge in [0.15, 0.2) is 21.3 Å². The number of hydrogen-bond acceptors (Lipinski definition) is 7. The number of carbonyl (C=O) groups is 2. The number of sulfone groups is 1. The molecular formula is C18H21N3O6S. The average Bonchev–Trinajstić information content (AvgIpc) is 2.87. The summed E-state index contributed by atoms with van der Waals surface area (Å²) >= 11 is 0. The molecule has 3 aliphatic heterocycles.